The number of hydrogen-bond donors (Lipinski definition) is 1. The van der Waals surface area contributed by atoms with E-state index in [4.69, 9.17) is 0 Å². The minimum absolute atomic E-state index is 0.770. The van der Waals surface area contributed by atoms with Crippen molar-refractivity contribution >= 4 is 5.69 Å². The molecule has 1 saturated carbocycles. The van der Waals surface area contributed by atoms with Crippen molar-refractivity contribution in [3.05, 3.63) is 30.3 Å². The van der Waals surface area contributed by atoms with Gasteiger partial charge in [-0.05, 0) is 50.3 Å². The van der Waals surface area contributed by atoms with Crippen LogP contribution >= 0.6 is 0 Å². The smallest absolute Gasteiger partial charge is 0.0363 e. The summed E-state index contributed by atoms with van der Waals surface area (Å²) in [6.45, 7) is 4.57. The summed E-state index contributed by atoms with van der Waals surface area (Å²) in [5.41, 5.74) is 1.31. The second-order valence-corrected chi connectivity index (χ2v) is 5.42. The van der Waals surface area contributed by atoms with Gasteiger partial charge in [-0.15, -0.1) is 0 Å². The van der Waals surface area contributed by atoms with E-state index in [-0.39, 0.29) is 0 Å². The molecule has 1 aliphatic rings. The molecule has 1 fully saturated rings. The first-order chi connectivity index (χ1) is 8.81. The monoisotopic (exact) mass is 246 g/mol. The molecule has 1 aromatic carbocycles. The molecule has 2 nitrogen and oxygen atoms in total. The third-order valence-electron chi connectivity index (χ3n) is 3.90. The summed E-state index contributed by atoms with van der Waals surface area (Å²) >= 11 is 0. The summed E-state index contributed by atoms with van der Waals surface area (Å²) in [4.78, 5) is 2.33. The highest BCUT2D eigenvalue weighted by Gasteiger charge is 2.29. The van der Waals surface area contributed by atoms with Gasteiger partial charge in [0.2, 0.25) is 0 Å². The summed E-state index contributed by atoms with van der Waals surface area (Å²) in [7, 11) is 2.17. The summed E-state index contributed by atoms with van der Waals surface area (Å²) in [5, 5.41) is 3.71. The lowest BCUT2D eigenvalue weighted by Gasteiger charge is -2.21. The summed E-state index contributed by atoms with van der Waals surface area (Å²) in [6.07, 6.45) is 5.37. The number of anilines is 1. The normalized spacial score (nSPS) is 16.6. The van der Waals surface area contributed by atoms with Crippen molar-refractivity contribution in [3.63, 3.8) is 0 Å². The summed E-state index contributed by atoms with van der Waals surface area (Å²) < 4.78 is 0. The Morgan fingerprint density at radius 2 is 2.00 bits per heavy atom. The molecule has 100 valence electrons. The fraction of sp³-hybridized carbons (Fsp3) is 0.625. The van der Waals surface area contributed by atoms with E-state index in [0.29, 0.717) is 0 Å². The second kappa shape index (κ2) is 6.79. The van der Waals surface area contributed by atoms with Crippen LogP contribution in [0.1, 0.15) is 32.6 Å². The van der Waals surface area contributed by atoms with Crippen molar-refractivity contribution in [1.29, 1.82) is 0 Å². The number of nitrogens with zero attached hydrogens (tertiary/aromatic N) is 1. The minimum atomic E-state index is 0.770. The highest BCUT2D eigenvalue weighted by atomic mass is 15.1. The molecular weight excluding hydrogens is 220 g/mol. The molecule has 0 aromatic heterocycles. The van der Waals surface area contributed by atoms with E-state index < -0.39 is 0 Å². The molecule has 1 aromatic rings. The third kappa shape index (κ3) is 4.02. The molecule has 0 heterocycles. The number of rotatable bonds is 8. The molecule has 0 bridgehead atoms. The Kier molecular flexibility index (Phi) is 5.06. The van der Waals surface area contributed by atoms with Crippen LogP contribution in [-0.2, 0) is 0 Å². The summed E-state index contributed by atoms with van der Waals surface area (Å²) in [6, 6.07) is 11.4. The molecule has 2 rings (SSSR count). The molecule has 1 N–H and O–H groups in total. The maximum atomic E-state index is 3.71. The van der Waals surface area contributed by atoms with Crippen LogP contribution in [0.5, 0.6) is 0 Å². The molecular formula is C16H26N2. The lowest BCUT2D eigenvalue weighted by Crippen LogP contribution is -2.33. The first kappa shape index (κ1) is 13.4. The van der Waals surface area contributed by atoms with Crippen LogP contribution < -0.4 is 10.2 Å². The second-order valence-electron chi connectivity index (χ2n) is 5.42. The van der Waals surface area contributed by atoms with Crippen LogP contribution in [0.2, 0.25) is 0 Å². The van der Waals surface area contributed by atoms with Gasteiger partial charge in [0.1, 0.15) is 0 Å². The van der Waals surface area contributed by atoms with E-state index in [1.165, 1.54) is 31.4 Å². The van der Waals surface area contributed by atoms with E-state index in [9.17, 15) is 0 Å². The average Bonchev–Trinajstić information content (AvgIpc) is 3.24. The molecule has 1 aliphatic carbocycles. The van der Waals surface area contributed by atoms with Crippen LogP contribution in [0.4, 0.5) is 5.69 Å². The van der Waals surface area contributed by atoms with Gasteiger partial charge >= 0.3 is 0 Å². The zero-order valence-electron chi connectivity index (χ0n) is 11.7. The maximum absolute atomic E-state index is 3.71. The fourth-order valence-electron chi connectivity index (χ4n) is 2.56. The topological polar surface area (TPSA) is 15.3 Å². The van der Waals surface area contributed by atoms with Gasteiger partial charge in [-0.3, -0.25) is 0 Å². The quantitative estimate of drug-likeness (QED) is 0.708. The van der Waals surface area contributed by atoms with Crippen LogP contribution in [0.3, 0.4) is 0 Å². The van der Waals surface area contributed by atoms with E-state index in [1.54, 1.807) is 0 Å². The van der Waals surface area contributed by atoms with Crippen molar-refractivity contribution in [2.45, 2.75) is 38.6 Å². The molecule has 0 saturated heterocycles. The van der Waals surface area contributed by atoms with Crippen molar-refractivity contribution in [2.75, 3.05) is 25.0 Å². The molecule has 1 atom stereocenters. The van der Waals surface area contributed by atoms with Crippen LogP contribution in [0.25, 0.3) is 0 Å². The molecule has 0 spiro atoms. The van der Waals surface area contributed by atoms with E-state index >= 15 is 0 Å². The van der Waals surface area contributed by atoms with Gasteiger partial charge in [0, 0.05) is 25.3 Å². The van der Waals surface area contributed by atoms with E-state index in [0.717, 1.165) is 25.0 Å². The van der Waals surface area contributed by atoms with Crippen molar-refractivity contribution in [1.82, 2.24) is 5.32 Å². The van der Waals surface area contributed by atoms with Gasteiger partial charge in [-0.1, -0.05) is 25.1 Å². The van der Waals surface area contributed by atoms with Crippen molar-refractivity contribution < 1.29 is 0 Å². The molecule has 0 aliphatic heterocycles. The Balaban J connectivity index is 1.63. The molecule has 2 heteroatoms. The van der Waals surface area contributed by atoms with E-state index in [1.807, 2.05) is 0 Å². The van der Waals surface area contributed by atoms with Crippen LogP contribution in [0.15, 0.2) is 30.3 Å². The van der Waals surface area contributed by atoms with Gasteiger partial charge in [0.15, 0.2) is 0 Å². The van der Waals surface area contributed by atoms with Gasteiger partial charge < -0.3 is 10.2 Å². The van der Waals surface area contributed by atoms with Crippen molar-refractivity contribution in [2.24, 2.45) is 5.92 Å². The zero-order valence-corrected chi connectivity index (χ0v) is 11.7. The first-order valence-corrected chi connectivity index (χ1v) is 7.31. The Morgan fingerprint density at radius 3 is 2.61 bits per heavy atom. The molecule has 0 radical (unpaired) electrons. The highest BCUT2D eigenvalue weighted by molar-refractivity contribution is 5.44. The Morgan fingerprint density at radius 1 is 1.28 bits per heavy atom. The first-order valence-electron chi connectivity index (χ1n) is 7.31. The van der Waals surface area contributed by atoms with Crippen molar-refractivity contribution in [3.8, 4) is 0 Å². The lowest BCUT2D eigenvalue weighted by molar-refractivity contribution is 0.447. The Hall–Kier alpha value is -1.02. The average molecular weight is 246 g/mol. The zero-order chi connectivity index (χ0) is 12.8. The third-order valence-corrected chi connectivity index (χ3v) is 3.90. The standard InChI is InChI=1S/C16H26N2/c1-3-16(14-10-11-14)17-12-7-13-18(2)15-8-5-4-6-9-15/h4-6,8-9,14,16-17H,3,7,10-13H2,1-2H3. The van der Waals surface area contributed by atoms with Gasteiger partial charge in [-0.25, -0.2) is 0 Å². The molecule has 0 amide bonds. The maximum Gasteiger partial charge on any atom is 0.0363 e. The number of benzene rings is 1. The predicted molar refractivity (Wildman–Crippen MR) is 79.1 cm³/mol. The number of para-hydroxylation sites is 1. The molecule has 18 heavy (non-hydrogen) atoms. The Bertz CT molecular complexity index is 332. The van der Waals surface area contributed by atoms with Gasteiger partial charge in [0.05, 0.1) is 0 Å². The van der Waals surface area contributed by atoms with Gasteiger partial charge in [-0.2, -0.15) is 0 Å². The summed E-state index contributed by atoms with van der Waals surface area (Å²) in [5.74, 6) is 0.974. The van der Waals surface area contributed by atoms with Crippen LogP contribution in [-0.4, -0.2) is 26.2 Å². The molecule has 1 unspecified atom stereocenters. The highest BCUT2D eigenvalue weighted by Crippen LogP contribution is 2.33. The number of nitrogens with one attached hydrogen (secondary N) is 1. The minimum Gasteiger partial charge on any atom is -0.375 e. The predicted octanol–water partition coefficient (Wildman–Crippen LogP) is 3.29. The largest absolute Gasteiger partial charge is 0.375 e. The van der Waals surface area contributed by atoms with Crippen LogP contribution in [0, 0.1) is 5.92 Å². The van der Waals surface area contributed by atoms with Gasteiger partial charge in [0.25, 0.3) is 0 Å². The Labute approximate surface area is 111 Å². The fourth-order valence-corrected chi connectivity index (χ4v) is 2.56. The SMILES string of the molecule is CCC(NCCCN(C)c1ccccc1)C1CC1. The lowest BCUT2D eigenvalue weighted by atomic mass is 10.1. The number of hydrogen-bond acceptors (Lipinski definition) is 2. The van der Waals surface area contributed by atoms with E-state index in [2.05, 4.69) is 54.5 Å².